The number of rotatable bonds is 4. The van der Waals surface area contributed by atoms with E-state index in [1.807, 2.05) is 12.1 Å². The Morgan fingerprint density at radius 2 is 1.14 bits per heavy atom. The zero-order valence-corrected chi connectivity index (χ0v) is 11.8. The van der Waals surface area contributed by atoms with Crippen molar-refractivity contribution < 1.29 is 9.59 Å². The largest absolute Gasteiger partial charge is 0.289 e. The van der Waals surface area contributed by atoms with Crippen LogP contribution in [-0.2, 0) is 0 Å². The molecule has 22 heavy (non-hydrogen) atoms. The summed E-state index contributed by atoms with van der Waals surface area (Å²) in [7, 11) is 0. The number of hydrogen-bond donors (Lipinski definition) is 0. The smallest absolute Gasteiger partial charge is 0.193 e. The first-order valence-corrected chi connectivity index (χ1v) is 6.97. The fourth-order valence-electron chi connectivity index (χ4n) is 2.31. The van der Waals surface area contributed by atoms with E-state index in [0.717, 1.165) is 0 Å². The van der Waals surface area contributed by atoms with E-state index >= 15 is 0 Å². The molecule has 0 bridgehead atoms. The van der Waals surface area contributed by atoms with Crippen LogP contribution in [0.25, 0.3) is 0 Å². The number of ketones is 2. The summed E-state index contributed by atoms with van der Waals surface area (Å²) in [5.74, 6) is -0.328. The molecule has 3 aromatic carbocycles. The summed E-state index contributed by atoms with van der Waals surface area (Å²) >= 11 is 0. The molecule has 0 aromatic heterocycles. The molecule has 2 nitrogen and oxygen atoms in total. The van der Waals surface area contributed by atoms with Gasteiger partial charge in [0.2, 0.25) is 0 Å². The van der Waals surface area contributed by atoms with E-state index in [1.165, 1.54) is 0 Å². The van der Waals surface area contributed by atoms with Gasteiger partial charge in [0.1, 0.15) is 0 Å². The fraction of sp³-hybridized carbons (Fsp3) is 0. The predicted octanol–water partition coefficient (Wildman–Crippen LogP) is 3.95. The Balaban J connectivity index is 2.04. The second-order valence-electron chi connectivity index (χ2n) is 4.86. The molecule has 0 spiro atoms. The van der Waals surface area contributed by atoms with E-state index in [0.29, 0.717) is 22.3 Å². The molecule has 0 saturated carbocycles. The van der Waals surface area contributed by atoms with Gasteiger partial charge >= 0.3 is 0 Å². The van der Waals surface area contributed by atoms with Crippen LogP contribution in [-0.4, -0.2) is 11.6 Å². The second kappa shape index (κ2) is 6.19. The van der Waals surface area contributed by atoms with Gasteiger partial charge in [0, 0.05) is 22.3 Å². The average molecular weight is 285 g/mol. The van der Waals surface area contributed by atoms with Crippen molar-refractivity contribution in [2.24, 2.45) is 0 Å². The molecule has 0 heterocycles. The SMILES string of the molecule is O=C(c1ccccc1)c1c[c]ccc1C(=O)c1ccccc1. The van der Waals surface area contributed by atoms with E-state index in [-0.39, 0.29) is 11.6 Å². The highest BCUT2D eigenvalue weighted by molar-refractivity contribution is 6.19. The maximum atomic E-state index is 12.6. The Hall–Kier alpha value is -3.00. The van der Waals surface area contributed by atoms with Crippen molar-refractivity contribution in [1.82, 2.24) is 0 Å². The Morgan fingerprint density at radius 3 is 1.68 bits per heavy atom. The van der Waals surface area contributed by atoms with Gasteiger partial charge in [0.25, 0.3) is 0 Å². The van der Waals surface area contributed by atoms with E-state index in [4.69, 9.17) is 0 Å². The minimum absolute atomic E-state index is 0.158. The quantitative estimate of drug-likeness (QED) is 0.680. The van der Waals surface area contributed by atoms with Gasteiger partial charge in [0.05, 0.1) is 0 Å². The molecular weight excluding hydrogens is 272 g/mol. The van der Waals surface area contributed by atoms with Crippen molar-refractivity contribution in [3.8, 4) is 0 Å². The third kappa shape index (κ3) is 2.72. The molecule has 1 radical (unpaired) electrons. The molecule has 3 aromatic rings. The zero-order valence-electron chi connectivity index (χ0n) is 11.8. The van der Waals surface area contributed by atoms with Crippen LogP contribution in [0.15, 0.2) is 78.9 Å². The molecule has 0 aliphatic rings. The van der Waals surface area contributed by atoms with Crippen LogP contribution in [0.4, 0.5) is 0 Å². The fourth-order valence-corrected chi connectivity index (χ4v) is 2.31. The maximum absolute atomic E-state index is 12.6. The lowest BCUT2D eigenvalue weighted by atomic mass is 9.93. The van der Waals surface area contributed by atoms with Gasteiger partial charge in [-0.25, -0.2) is 0 Å². The lowest BCUT2D eigenvalue weighted by molar-refractivity contribution is 0.100. The molecular formula is C20H13O2. The Morgan fingerprint density at radius 1 is 0.636 bits per heavy atom. The molecule has 2 heteroatoms. The van der Waals surface area contributed by atoms with Crippen LogP contribution in [0, 0.1) is 6.07 Å². The zero-order chi connectivity index (χ0) is 15.4. The van der Waals surface area contributed by atoms with E-state index in [2.05, 4.69) is 6.07 Å². The third-order valence-corrected chi connectivity index (χ3v) is 3.43. The molecule has 105 valence electrons. The van der Waals surface area contributed by atoms with E-state index < -0.39 is 0 Å². The first-order chi connectivity index (χ1) is 10.8. The number of carbonyl (C=O) groups is 2. The van der Waals surface area contributed by atoms with Gasteiger partial charge in [0.15, 0.2) is 11.6 Å². The maximum Gasteiger partial charge on any atom is 0.193 e. The highest BCUT2D eigenvalue weighted by Gasteiger charge is 2.18. The molecule has 0 unspecified atom stereocenters. The molecule has 0 aliphatic carbocycles. The number of benzene rings is 3. The molecule has 0 N–H and O–H groups in total. The molecule has 0 aliphatic heterocycles. The lowest BCUT2D eigenvalue weighted by Gasteiger charge is -2.08. The summed E-state index contributed by atoms with van der Waals surface area (Å²) in [6.07, 6.45) is 0. The highest BCUT2D eigenvalue weighted by Crippen LogP contribution is 2.18. The van der Waals surface area contributed by atoms with Crippen LogP contribution in [0.3, 0.4) is 0 Å². The first-order valence-electron chi connectivity index (χ1n) is 6.97. The van der Waals surface area contributed by atoms with Gasteiger partial charge in [-0.05, 0) is 18.2 Å². The molecule has 0 fully saturated rings. The predicted molar refractivity (Wildman–Crippen MR) is 85.0 cm³/mol. The summed E-state index contributed by atoms with van der Waals surface area (Å²) < 4.78 is 0. The number of carbonyl (C=O) groups excluding carboxylic acids is 2. The van der Waals surface area contributed by atoms with Crippen molar-refractivity contribution in [2.75, 3.05) is 0 Å². The molecule has 0 atom stereocenters. The Labute approximate surface area is 129 Å². The topological polar surface area (TPSA) is 34.1 Å². The summed E-state index contributed by atoms with van der Waals surface area (Å²) in [5.41, 5.74) is 1.90. The van der Waals surface area contributed by atoms with Crippen molar-refractivity contribution in [3.05, 3.63) is 107 Å². The van der Waals surface area contributed by atoms with Crippen molar-refractivity contribution in [3.63, 3.8) is 0 Å². The minimum Gasteiger partial charge on any atom is -0.289 e. The second-order valence-corrected chi connectivity index (χ2v) is 4.86. The molecule has 0 amide bonds. The Bertz CT molecular complexity index is 735. The van der Waals surface area contributed by atoms with Gasteiger partial charge in [-0.15, -0.1) is 0 Å². The van der Waals surface area contributed by atoms with Crippen LogP contribution in [0.1, 0.15) is 31.8 Å². The normalized spacial score (nSPS) is 10.2. The average Bonchev–Trinajstić information content (AvgIpc) is 2.62. The first kappa shape index (κ1) is 14.0. The van der Waals surface area contributed by atoms with Crippen LogP contribution < -0.4 is 0 Å². The van der Waals surface area contributed by atoms with Crippen LogP contribution in [0.5, 0.6) is 0 Å². The van der Waals surface area contributed by atoms with Crippen molar-refractivity contribution in [2.45, 2.75) is 0 Å². The lowest BCUT2D eigenvalue weighted by Crippen LogP contribution is -2.11. The summed E-state index contributed by atoms with van der Waals surface area (Å²) in [5, 5.41) is 0. The van der Waals surface area contributed by atoms with Crippen LogP contribution in [0.2, 0.25) is 0 Å². The van der Waals surface area contributed by atoms with Crippen LogP contribution >= 0.6 is 0 Å². The summed E-state index contributed by atoms with van der Waals surface area (Å²) in [6.45, 7) is 0. The summed E-state index contributed by atoms with van der Waals surface area (Å²) in [6, 6.07) is 25.7. The standard InChI is InChI=1S/C20H13O2/c21-19(15-9-3-1-4-10-15)17-13-7-8-14-18(17)20(22)16-11-5-2-6-12-16/h1-7,9-14H. The molecule has 0 saturated heterocycles. The Kier molecular flexibility index (Phi) is 3.92. The van der Waals surface area contributed by atoms with E-state index in [9.17, 15) is 9.59 Å². The minimum atomic E-state index is -0.170. The third-order valence-electron chi connectivity index (χ3n) is 3.43. The van der Waals surface area contributed by atoms with Gasteiger partial charge in [-0.2, -0.15) is 0 Å². The highest BCUT2D eigenvalue weighted by atomic mass is 16.1. The number of hydrogen-bond acceptors (Lipinski definition) is 2. The molecule has 3 rings (SSSR count). The monoisotopic (exact) mass is 285 g/mol. The van der Waals surface area contributed by atoms with Gasteiger partial charge in [-0.3, -0.25) is 9.59 Å². The van der Waals surface area contributed by atoms with Gasteiger partial charge in [-0.1, -0.05) is 66.7 Å². The van der Waals surface area contributed by atoms with Crippen molar-refractivity contribution in [1.29, 1.82) is 0 Å². The van der Waals surface area contributed by atoms with Gasteiger partial charge < -0.3 is 0 Å². The summed E-state index contributed by atoms with van der Waals surface area (Å²) in [4.78, 5) is 25.3. The van der Waals surface area contributed by atoms with E-state index in [1.54, 1.807) is 66.7 Å². The van der Waals surface area contributed by atoms with Crippen molar-refractivity contribution >= 4 is 11.6 Å².